The molecule has 21 heavy (non-hydrogen) atoms. The van der Waals surface area contributed by atoms with E-state index in [1.807, 2.05) is 0 Å². The Morgan fingerprint density at radius 3 is 0.571 bits per heavy atom. The Morgan fingerprint density at radius 1 is 0.524 bits per heavy atom. The maximum atomic E-state index is 9.26. The summed E-state index contributed by atoms with van der Waals surface area (Å²) in [6.07, 6.45) is 0.444. The molecule has 0 unspecified atom stereocenters. The molecule has 8 nitrogen and oxygen atoms in total. The number of rotatable bonds is 4. The van der Waals surface area contributed by atoms with E-state index in [1.54, 1.807) is 0 Å². The first-order valence-electron chi connectivity index (χ1n) is 5.88. The van der Waals surface area contributed by atoms with Crippen molar-refractivity contribution in [3.05, 3.63) is 0 Å². The van der Waals surface area contributed by atoms with Crippen LogP contribution in [-0.2, 0) is 19.2 Å². The Bertz CT molecular complexity index is 222. The van der Waals surface area contributed by atoms with E-state index in [0.29, 0.717) is 0 Å². The smallest absolute Gasteiger partial charge is 0.550 e. The molecule has 0 aliphatic rings. The van der Waals surface area contributed by atoms with Crippen molar-refractivity contribution in [1.82, 2.24) is 0 Å². The van der Waals surface area contributed by atoms with Gasteiger partial charge in [-0.15, -0.1) is 0 Å². The Kier molecular flexibility index (Phi) is 40.6. The molecule has 9 heteroatoms. The third-order valence-corrected chi connectivity index (χ3v) is 1.15. The molecule has 0 aliphatic heterocycles. The quantitative estimate of drug-likeness (QED) is 0.459. The van der Waals surface area contributed by atoms with Gasteiger partial charge in [-0.25, -0.2) is 0 Å². The maximum absolute atomic E-state index is 9.26. The van der Waals surface area contributed by atoms with Crippen LogP contribution < -0.4 is 20.4 Å². The van der Waals surface area contributed by atoms with Gasteiger partial charge in [0, 0.05) is 23.9 Å². The Morgan fingerprint density at radius 2 is 0.571 bits per heavy atom. The number of carbonyl (C=O) groups excluding carboxylic acids is 4. The molecule has 0 fully saturated rings. The third kappa shape index (κ3) is 120. The number of carboxylic acids is 4. The Balaban J connectivity index is -0.0000000533. The number of hydrogen-bond donors (Lipinski definition) is 0. The summed E-state index contributed by atoms with van der Waals surface area (Å²) in [6.45, 7) is 6.15. The molecule has 0 heterocycles. The van der Waals surface area contributed by atoms with Crippen molar-refractivity contribution < 1.29 is 39.6 Å². The summed E-state index contributed by atoms with van der Waals surface area (Å²) in [5.74, 6) is -3.98. The fourth-order valence-electron chi connectivity index (χ4n) is 0. The van der Waals surface area contributed by atoms with E-state index >= 15 is 0 Å². The molecule has 0 saturated carbocycles. The van der Waals surface area contributed by atoms with Crippen molar-refractivity contribution in [2.75, 3.05) is 0 Å². The van der Waals surface area contributed by atoms with Gasteiger partial charge in [0.25, 0.3) is 0 Å². The molecule has 0 aromatic rings. The second-order valence-electron chi connectivity index (χ2n) is 2.90. The van der Waals surface area contributed by atoms with Crippen LogP contribution in [0, 0.1) is 0 Å². The van der Waals surface area contributed by atoms with E-state index < -0.39 is 23.9 Å². The summed E-state index contributed by atoms with van der Waals surface area (Å²) in [7, 11) is 0. The average Bonchev–Trinajstić information content (AvgIpc) is 2.40. The SMILES string of the molecule is CCC(=O)[O-].CCC(=O)[O-].CCC(=O)[O-].CCC(=O)[O-].[Ge+4]. The minimum Gasteiger partial charge on any atom is -0.550 e. The molecule has 0 aromatic heterocycles. The molecule has 0 amide bonds. The summed E-state index contributed by atoms with van der Waals surface area (Å²) < 4.78 is 0. The second kappa shape index (κ2) is 26.9. The van der Waals surface area contributed by atoms with Crippen LogP contribution in [0.1, 0.15) is 53.4 Å². The van der Waals surface area contributed by atoms with E-state index in [0.717, 1.165) is 0 Å². The molecule has 0 N–H and O–H groups in total. The fourth-order valence-corrected chi connectivity index (χ4v) is 0. The molecule has 0 rings (SSSR count). The van der Waals surface area contributed by atoms with Gasteiger partial charge < -0.3 is 39.6 Å². The van der Waals surface area contributed by atoms with Crippen LogP contribution in [0.5, 0.6) is 0 Å². The zero-order valence-corrected chi connectivity index (χ0v) is 14.7. The van der Waals surface area contributed by atoms with Crippen molar-refractivity contribution >= 4 is 41.5 Å². The molecule has 0 radical (unpaired) electrons. The zero-order chi connectivity index (χ0) is 17.1. The van der Waals surface area contributed by atoms with E-state index in [2.05, 4.69) is 0 Å². The second-order valence-corrected chi connectivity index (χ2v) is 2.90. The predicted octanol–water partition coefficient (Wildman–Crippen LogP) is -3.80. The van der Waals surface area contributed by atoms with Crippen LogP contribution in [-0.4, -0.2) is 41.5 Å². The number of aliphatic carboxylic acids is 4. The molecule has 0 spiro atoms. The molecule has 0 saturated heterocycles. The van der Waals surface area contributed by atoms with Gasteiger partial charge in [0.15, 0.2) is 0 Å². The number of hydrogen-bond acceptors (Lipinski definition) is 8. The largest absolute Gasteiger partial charge is 4.00 e. The average molecular weight is 365 g/mol. The summed E-state index contributed by atoms with van der Waals surface area (Å²) >= 11 is 0. The van der Waals surface area contributed by atoms with Crippen LogP contribution in [0.2, 0.25) is 0 Å². The minimum absolute atomic E-state index is 0. The molecular weight excluding hydrogens is 345 g/mol. The first kappa shape index (κ1) is 31.7. The molecule has 120 valence electrons. The Labute approximate surface area is 135 Å². The van der Waals surface area contributed by atoms with Crippen LogP contribution in [0.15, 0.2) is 0 Å². The van der Waals surface area contributed by atoms with Gasteiger partial charge in [-0.3, -0.25) is 0 Å². The summed E-state index contributed by atoms with van der Waals surface area (Å²) in [5, 5.41) is 37.0. The molecule has 0 atom stereocenters. The van der Waals surface area contributed by atoms with E-state index in [1.165, 1.54) is 27.7 Å². The van der Waals surface area contributed by atoms with Crippen molar-refractivity contribution in [3.63, 3.8) is 0 Å². The van der Waals surface area contributed by atoms with Gasteiger partial charge in [-0.05, 0) is 25.7 Å². The first-order chi connectivity index (χ1) is 9.08. The van der Waals surface area contributed by atoms with Crippen molar-refractivity contribution in [2.24, 2.45) is 0 Å². The number of carbonyl (C=O) groups is 4. The van der Waals surface area contributed by atoms with Crippen molar-refractivity contribution in [3.8, 4) is 0 Å². The minimum atomic E-state index is -0.995. The van der Waals surface area contributed by atoms with Crippen LogP contribution in [0.3, 0.4) is 0 Å². The first-order valence-corrected chi connectivity index (χ1v) is 5.88. The molecule has 0 aliphatic carbocycles. The van der Waals surface area contributed by atoms with E-state index in [4.69, 9.17) is 0 Å². The van der Waals surface area contributed by atoms with E-state index in [-0.39, 0.29) is 43.3 Å². The van der Waals surface area contributed by atoms with Gasteiger partial charge in [-0.1, -0.05) is 27.7 Å². The standard InChI is InChI=1S/4C3H6O2.Ge/c4*1-2-3(4)5;/h4*2H2,1H3,(H,4,5);/q;;;;+4/p-4. The third-order valence-electron chi connectivity index (χ3n) is 1.15. The van der Waals surface area contributed by atoms with Gasteiger partial charge in [0.05, 0.1) is 0 Å². The Hall–Kier alpha value is -1.58. The van der Waals surface area contributed by atoms with Crippen LogP contribution >= 0.6 is 0 Å². The summed E-state index contributed by atoms with van der Waals surface area (Å²) in [4.78, 5) is 37.0. The van der Waals surface area contributed by atoms with E-state index in [9.17, 15) is 39.6 Å². The normalized spacial score (nSPS) is 7.05. The number of carboxylic acid groups (broad SMARTS) is 4. The summed E-state index contributed by atoms with van der Waals surface area (Å²) in [6, 6.07) is 0. The van der Waals surface area contributed by atoms with Gasteiger partial charge in [-0.2, -0.15) is 0 Å². The van der Waals surface area contributed by atoms with Gasteiger partial charge in [0.1, 0.15) is 0 Å². The van der Waals surface area contributed by atoms with Crippen LogP contribution in [0.25, 0.3) is 0 Å². The molecule has 0 aromatic carbocycles. The van der Waals surface area contributed by atoms with Crippen molar-refractivity contribution in [1.29, 1.82) is 0 Å². The maximum Gasteiger partial charge on any atom is 4.00 e. The van der Waals surface area contributed by atoms with Crippen molar-refractivity contribution in [2.45, 2.75) is 53.4 Å². The molecule has 0 bridgehead atoms. The fraction of sp³-hybridized carbons (Fsp3) is 0.667. The topological polar surface area (TPSA) is 161 Å². The van der Waals surface area contributed by atoms with Gasteiger partial charge in [0.2, 0.25) is 0 Å². The summed E-state index contributed by atoms with van der Waals surface area (Å²) in [5.41, 5.74) is 0. The monoisotopic (exact) mass is 366 g/mol. The van der Waals surface area contributed by atoms with Crippen LogP contribution in [0.4, 0.5) is 0 Å². The van der Waals surface area contributed by atoms with Gasteiger partial charge >= 0.3 is 17.6 Å². The zero-order valence-electron chi connectivity index (χ0n) is 12.6. The molecular formula is C12H20GeO8. The predicted molar refractivity (Wildman–Crippen MR) is 66.9 cm³/mol.